The van der Waals surface area contributed by atoms with Gasteiger partial charge in [0.05, 0.1) is 6.20 Å². The summed E-state index contributed by atoms with van der Waals surface area (Å²) in [5, 5.41) is -0.225. The van der Waals surface area contributed by atoms with E-state index >= 15 is 0 Å². The number of hydrogen-bond acceptors (Lipinski definition) is 1. The van der Waals surface area contributed by atoms with Crippen molar-refractivity contribution in [3.63, 3.8) is 0 Å². The molecule has 2 rings (SSSR count). The average molecular weight is 203 g/mol. The van der Waals surface area contributed by atoms with E-state index in [1.54, 1.807) is 0 Å². The van der Waals surface area contributed by atoms with Crippen molar-refractivity contribution in [1.29, 1.82) is 0 Å². The van der Waals surface area contributed by atoms with Crippen LogP contribution in [0.2, 0.25) is 0 Å². The number of H-pyrrole nitrogens is 1. The Labute approximate surface area is 76.0 Å². The first-order valence-corrected chi connectivity index (χ1v) is 3.81. The Kier molecular flexibility index (Phi) is 1.76. The van der Waals surface area contributed by atoms with Crippen LogP contribution in [0.25, 0.3) is 11.0 Å². The number of aromatic amines is 1. The fourth-order valence-corrected chi connectivity index (χ4v) is 1.27. The minimum atomic E-state index is -5.13. The molecule has 0 bridgehead atoms. The molecule has 14 heavy (non-hydrogen) atoms. The van der Waals surface area contributed by atoms with Crippen molar-refractivity contribution in [2.45, 2.75) is 0 Å². The predicted octanol–water partition coefficient (Wildman–Crippen LogP) is 1.76. The van der Waals surface area contributed by atoms with E-state index < -0.39 is 18.3 Å². The summed E-state index contributed by atoms with van der Waals surface area (Å²) in [5.41, 5.74) is -0.799. The Morgan fingerprint density at radius 3 is 2.64 bits per heavy atom. The Morgan fingerprint density at radius 2 is 2.00 bits per heavy atom. The van der Waals surface area contributed by atoms with E-state index in [-0.39, 0.29) is 11.0 Å². The van der Waals surface area contributed by atoms with Crippen molar-refractivity contribution in [3.05, 3.63) is 24.3 Å². The van der Waals surface area contributed by atoms with Crippen LogP contribution < -0.4 is 5.46 Å². The second-order valence-corrected chi connectivity index (χ2v) is 2.87. The number of hydrogen-bond donors (Lipinski definition) is 1. The first kappa shape index (κ1) is 9.05. The lowest BCUT2D eigenvalue weighted by Crippen LogP contribution is -2.33. The SMILES string of the molecule is Fc1cnc2[nH]cc([B-](F)(F)F)c2c1. The standard InChI is InChI=1S/C7H4BF4N2/c9-4-1-5-6(8(10,11)12)3-14-7(5)13-2-4/h1-3H,(H,13,14)/q-1. The van der Waals surface area contributed by atoms with Crippen molar-refractivity contribution in [3.8, 4) is 0 Å². The Hall–Kier alpha value is -1.53. The molecule has 0 aromatic carbocycles. The van der Waals surface area contributed by atoms with E-state index in [1.165, 1.54) is 0 Å². The average Bonchev–Trinajstić information content (AvgIpc) is 2.45. The zero-order valence-electron chi connectivity index (χ0n) is 6.77. The Bertz CT molecular complexity index is 476. The van der Waals surface area contributed by atoms with Gasteiger partial charge in [0.1, 0.15) is 11.5 Å². The van der Waals surface area contributed by atoms with Gasteiger partial charge in [-0.1, -0.05) is 5.46 Å². The molecule has 2 nitrogen and oxygen atoms in total. The summed E-state index contributed by atoms with van der Waals surface area (Å²) in [7, 11) is 0. The van der Waals surface area contributed by atoms with E-state index in [1.807, 2.05) is 0 Å². The summed E-state index contributed by atoms with van der Waals surface area (Å²) >= 11 is 0. The molecule has 2 aromatic rings. The summed E-state index contributed by atoms with van der Waals surface area (Å²) in [5.74, 6) is -0.779. The van der Waals surface area contributed by atoms with Crippen LogP contribution in [0.15, 0.2) is 18.5 Å². The van der Waals surface area contributed by atoms with Crippen LogP contribution >= 0.6 is 0 Å². The van der Waals surface area contributed by atoms with Crippen molar-refractivity contribution < 1.29 is 17.3 Å². The molecule has 1 N–H and O–H groups in total. The molecular weight excluding hydrogens is 199 g/mol. The number of nitrogens with one attached hydrogen (secondary N) is 1. The number of pyridine rings is 1. The summed E-state index contributed by atoms with van der Waals surface area (Å²) < 4.78 is 49.8. The molecule has 0 saturated carbocycles. The molecule has 74 valence electrons. The molecule has 0 saturated heterocycles. The molecule has 0 amide bonds. The van der Waals surface area contributed by atoms with Crippen molar-refractivity contribution in [1.82, 2.24) is 9.97 Å². The first-order valence-electron chi connectivity index (χ1n) is 3.81. The molecule has 0 aliphatic carbocycles. The zero-order chi connectivity index (χ0) is 10.3. The van der Waals surface area contributed by atoms with Gasteiger partial charge in [-0.05, 0) is 17.6 Å². The zero-order valence-corrected chi connectivity index (χ0v) is 6.77. The molecule has 2 heterocycles. The van der Waals surface area contributed by atoms with Gasteiger partial charge in [0.25, 0.3) is 0 Å². The second-order valence-electron chi connectivity index (χ2n) is 2.87. The number of halogens is 4. The normalized spacial score (nSPS) is 12.3. The summed E-state index contributed by atoms with van der Waals surface area (Å²) in [6.45, 7) is -5.13. The van der Waals surface area contributed by atoms with Gasteiger partial charge in [0.15, 0.2) is 0 Å². The summed E-state index contributed by atoms with van der Waals surface area (Å²) in [4.78, 5) is 5.83. The van der Waals surface area contributed by atoms with Crippen LogP contribution in [0.1, 0.15) is 0 Å². The highest BCUT2D eigenvalue weighted by Crippen LogP contribution is 2.16. The van der Waals surface area contributed by atoms with Gasteiger partial charge in [-0.3, -0.25) is 0 Å². The molecular formula is C7H4BF4N2-. The minimum absolute atomic E-state index is 0.0422. The number of aromatic nitrogens is 2. The second kappa shape index (κ2) is 2.73. The molecule has 7 heteroatoms. The lowest BCUT2D eigenvalue weighted by atomic mass is 9.80. The van der Waals surface area contributed by atoms with Crippen LogP contribution in [0.5, 0.6) is 0 Å². The third-order valence-electron chi connectivity index (χ3n) is 1.88. The van der Waals surface area contributed by atoms with Crippen molar-refractivity contribution in [2.24, 2.45) is 0 Å². The number of nitrogens with zero attached hydrogens (tertiary/aromatic N) is 1. The smallest absolute Gasteiger partial charge is 0.445 e. The number of rotatable bonds is 1. The first-order chi connectivity index (χ1) is 6.48. The van der Waals surface area contributed by atoms with Crippen LogP contribution in [0, 0.1) is 5.82 Å². The molecule has 0 unspecified atom stereocenters. The van der Waals surface area contributed by atoms with Gasteiger partial charge in [-0.2, -0.15) is 0 Å². The third-order valence-corrected chi connectivity index (χ3v) is 1.88. The Morgan fingerprint density at radius 1 is 1.29 bits per heavy atom. The quantitative estimate of drug-likeness (QED) is 0.555. The highest BCUT2D eigenvalue weighted by molar-refractivity contribution is 6.75. The van der Waals surface area contributed by atoms with E-state index in [0.29, 0.717) is 0 Å². The topological polar surface area (TPSA) is 28.7 Å². The molecule has 0 spiro atoms. The molecule has 0 fully saturated rings. The highest BCUT2D eigenvalue weighted by atomic mass is 19.4. The predicted molar refractivity (Wildman–Crippen MR) is 44.8 cm³/mol. The molecule has 0 aliphatic rings. The van der Waals surface area contributed by atoms with E-state index in [0.717, 1.165) is 18.5 Å². The minimum Gasteiger partial charge on any atom is -0.445 e. The van der Waals surface area contributed by atoms with Crippen LogP contribution in [0.4, 0.5) is 17.3 Å². The van der Waals surface area contributed by atoms with Crippen molar-refractivity contribution >= 4 is 23.5 Å². The maximum Gasteiger partial charge on any atom is 0.511 e. The fraction of sp³-hybridized carbons (Fsp3) is 0. The summed E-state index contributed by atoms with van der Waals surface area (Å²) in [6, 6.07) is 0.823. The molecule has 0 aliphatic heterocycles. The van der Waals surface area contributed by atoms with Gasteiger partial charge >= 0.3 is 6.98 Å². The summed E-state index contributed by atoms with van der Waals surface area (Å²) in [6.07, 6.45) is 1.67. The van der Waals surface area contributed by atoms with Crippen molar-refractivity contribution in [2.75, 3.05) is 0 Å². The lowest BCUT2D eigenvalue weighted by Gasteiger charge is -2.12. The molecule has 2 aromatic heterocycles. The van der Waals surface area contributed by atoms with Gasteiger partial charge < -0.3 is 17.9 Å². The van der Waals surface area contributed by atoms with Crippen LogP contribution in [-0.2, 0) is 0 Å². The van der Waals surface area contributed by atoms with E-state index in [4.69, 9.17) is 0 Å². The van der Waals surface area contributed by atoms with Gasteiger partial charge in [0, 0.05) is 0 Å². The molecule has 0 atom stereocenters. The van der Waals surface area contributed by atoms with Crippen LogP contribution in [-0.4, -0.2) is 16.9 Å². The van der Waals surface area contributed by atoms with Gasteiger partial charge in [-0.25, -0.2) is 9.37 Å². The fourth-order valence-electron chi connectivity index (χ4n) is 1.27. The highest BCUT2D eigenvalue weighted by Gasteiger charge is 2.28. The third kappa shape index (κ3) is 1.34. The largest absolute Gasteiger partial charge is 0.511 e. The van der Waals surface area contributed by atoms with E-state index in [2.05, 4.69) is 9.97 Å². The van der Waals surface area contributed by atoms with Gasteiger partial charge in [-0.15, -0.1) is 0 Å². The maximum absolute atomic E-state index is 12.6. The molecule has 0 radical (unpaired) electrons. The monoisotopic (exact) mass is 203 g/mol. The Balaban J connectivity index is 2.73. The van der Waals surface area contributed by atoms with Crippen LogP contribution in [0.3, 0.4) is 0 Å². The van der Waals surface area contributed by atoms with E-state index in [9.17, 15) is 17.3 Å². The lowest BCUT2D eigenvalue weighted by molar-refractivity contribution is 0.501. The number of fused-ring (bicyclic) bond motifs is 1. The van der Waals surface area contributed by atoms with Gasteiger partial charge in [0.2, 0.25) is 0 Å². The maximum atomic E-state index is 12.6.